The van der Waals surface area contributed by atoms with Gasteiger partial charge in [-0.2, -0.15) is 11.3 Å². The summed E-state index contributed by atoms with van der Waals surface area (Å²) >= 11 is 7.42. The maximum atomic E-state index is 12.5. The van der Waals surface area contributed by atoms with Crippen LogP contribution in [0.25, 0.3) is 11.3 Å². The fourth-order valence-corrected chi connectivity index (χ4v) is 3.21. The molecule has 0 spiro atoms. The molecule has 27 heavy (non-hydrogen) atoms. The fraction of sp³-hybridized carbons (Fsp3) is 0.250. The van der Waals surface area contributed by atoms with E-state index in [0.29, 0.717) is 22.3 Å². The Kier molecular flexibility index (Phi) is 5.89. The zero-order valence-electron chi connectivity index (χ0n) is 14.9. The molecule has 0 aliphatic heterocycles. The van der Waals surface area contributed by atoms with Crippen molar-refractivity contribution in [3.05, 3.63) is 64.0 Å². The zero-order valence-corrected chi connectivity index (χ0v) is 16.5. The van der Waals surface area contributed by atoms with Gasteiger partial charge in [-0.15, -0.1) is 0 Å². The number of carbonyl (C=O) groups is 1. The number of furan rings is 1. The van der Waals surface area contributed by atoms with Gasteiger partial charge >= 0.3 is 0 Å². The van der Waals surface area contributed by atoms with Crippen molar-refractivity contribution in [3.8, 4) is 17.1 Å². The molecule has 0 aliphatic carbocycles. The molecule has 2 aromatic heterocycles. The van der Waals surface area contributed by atoms with Crippen LogP contribution in [0.3, 0.4) is 0 Å². The van der Waals surface area contributed by atoms with E-state index in [4.69, 9.17) is 20.8 Å². The van der Waals surface area contributed by atoms with Gasteiger partial charge in [-0.05, 0) is 61.7 Å². The standard InChI is InChI=1S/C20H20ClNO4S/c1-20(2,26-15-5-3-14(21)4-6-15)19(24)22-11-16(23)18-8-7-17(25-18)13-9-10-27-12-13/h3-10,12,16,23H,11H2,1-2H3,(H,22,24). The normalized spacial score (nSPS) is 12.6. The van der Waals surface area contributed by atoms with Gasteiger partial charge in [0.2, 0.25) is 0 Å². The van der Waals surface area contributed by atoms with E-state index in [9.17, 15) is 9.90 Å². The van der Waals surface area contributed by atoms with E-state index in [1.807, 2.05) is 16.8 Å². The van der Waals surface area contributed by atoms with Crippen LogP contribution in [-0.2, 0) is 4.79 Å². The summed E-state index contributed by atoms with van der Waals surface area (Å²) in [7, 11) is 0. The van der Waals surface area contributed by atoms with Crippen LogP contribution in [0.4, 0.5) is 0 Å². The molecular weight excluding hydrogens is 386 g/mol. The van der Waals surface area contributed by atoms with Gasteiger partial charge in [0.25, 0.3) is 5.91 Å². The van der Waals surface area contributed by atoms with E-state index in [-0.39, 0.29) is 12.5 Å². The highest BCUT2D eigenvalue weighted by Gasteiger charge is 2.30. The van der Waals surface area contributed by atoms with Crippen molar-refractivity contribution in [3.63, 3.8) is 0 Å². The van der Waals surface area contributed by atoms with Gasteiger partial charge in [0.05, 0.1) is 6.54 Å². The zero-order chi connectivity index (χ0) is 19.4. The quantitative estimate of drug-likeness (QED) is 0.599. The molecule has 142 valence electrons. The lowest BCUT2D eigenvalue weighted by Gasteiger charge is -2.25. The highest BCUT2D eigenvalue weighted by Crippen LogP contribution is 2.27. The Morgan fingerprint density at radius 3 is 2.67 bits per heavy atom. The summed E-state index contributed by atoms with van der Waals surface area (Å²) in [5.74, 6) is 1.27. The molecule has 0 radical (unpaired) electrons. The number of halogens is 1. The van der Waals surface area contributed by atoms with Crippen molar-refractivity contribution in [2.45, 2.75) is 25.6 Å². The van der Waals surface area contributed by atoms with E-state index in [1.54, 1.807) is 61.6 Å². The Morgan fingerprint density at radius 1 is 1.26 bits per heavy atom. The summed E-state index contributed by atoms with van der Waals surface area (Å²) in [6.45, 7) is 3.33. The van der Waals surface area contributed by atoms with Crippen LogP contribution in [0.2, 0.25) is 5.02 Å². The molecule has 0 aliphatic rings. The molecule has 1 unspecified atom stereocenters. The van der Waals surface area contributed by atoms with Crippen molar-refractivity contribution < 1.29 is 19.1 Å². The molecule has 2 heterocycles. The summed E-state index contributed by atoms with van der Waals surface area (Å²) in [5.41, 5.74) is -0.154. The van der Waals surface area contributed by atoms with Gasteiger partial charge in [-0.1, -0.05) is 11.6 Å². The molecule has 0 fully saturated rings. The molecule has 0 saturated carbocycles. The van der Waals surface area contributed by atoms with E-state index in [2.05, 4.69) is 5.32 Å². The van der Waals surface area contributed by atoms with Crippen LogP contribution in [0.15, 0.2) is 57.6 Å². The molecule has 0 bridgehead atoms. The molecule has 1 atom stereocenters. The van der Waals surface area contributed by atoms with Crippen LogP contribution in [0.5, 0.6) is 5.75 Å². The number of benzene rings is 1. The Bertz CT molecular complexity index is 887. The maximum Gasteiger partial charge on any atom is 0.263 e. The van der Waals surface area contributed by atoms with Crippen molar-refractivity contribution in [2.24, 2.45) is 0 Å². The molecule has 3 rings (SSSR count). The topological polar surface area (TPSA) is 71.7 Å². The van der Waals surface area contributed by atoms with Crippen LogP contribution in [0.1, 0.15) is 25.7 Å². The second-order valence-corrected chi connectivity index (χ2v) is 7.72. The monoisotopic (exact) mass is 405 g/mol. The van der Waals surface area contributed by atoms with Gasteiger partial charge in [0, 0.05) is 16.0 Å². The van der Waals surface area contributed by atoms with Gasteiger partial charge in [-0.25, -0.2) is 0 Å². The van der Waals surface area contributed by atoms with Gasteiger partial charge in [0.15, 0.2) is 5.60 Å². The first-order valence-electron chi connectivity index (χ1n) is 8.38. The predicted molar refractivity (Wildman–Crippen MR) is 106 cm³/mol. The largest absolute Gasteiger partial charge is 0.478 e. The first kappa shape index (κ1) is 19.5. The lowest BCUT2D eigenvalue weighted by Crippen LogP contribution is -2.47. The number of thiophene rings is 1. The van der Waals surface area contributed by atoms with Crippen molar-refractivity contribution >= 4 is 28.8 Å². The van der Waals surface area contributed by atoms with E-state index >= 15 is 0 Å². The Hall–Kier alpha value is -2.28. The maximum absolute atomic E-state index is 12.5. The van der Waals surface area contributed by atoms with E-state index in [0.717, 1.165) is 5.56 Å². The average Bonchev–Trinajstić information content (AvgIpc) is 3.32. The van der Waals surface area contributed by atoms with Crippen molar-refractivity contribution in [1.29, 1.82) is 0 Å². The molecule has 2 N–H and O–H groups in total. The molecular formula is C20H20ClNO4S. The number of aliphatic hydroxyl groups is 1. The lowest BCUT2D eigenvalue weighted by atomic mass is 10.1. The lowest BCUT2D eigenvalue weighted by molar-refractivity contribution is -0.134. The predicted octanol–water partition coefficient (Wildman–Crippen LogP) is 4.67. The number of rotatable bonds is 7. The number of carbonyl (C=O) groups excluding carboxylic acids is 1. The molecule has 3 aromatic rings. The summed E-state index contributed by atoms with van der Waals surface area (Å²) in [5, 5.41) is 17.5. The highest BCUT2D eigenvalue weighted by molar-refractivity contribution is 7.08. The van der Waals surface area contributed by atoms with Crippen molar-refractivity contribution in [1.82, 2.24) is 5.32 Å². The SMILES string of the molecule is CC(C)(Oc1ccc(Cl)cc1)C(=O)NCC(O)c1ccc(-c2ccsc2)o1. The second-order valence-electron chi connectivity index (χ2n) is 6.51. The Balaban J connectivity index is 1.56. The average molecular weight is 406 g/mol. The van der Waals surface area contributed by atoms with Crippen LogP contribution < -0.4 is 10.1 Å². The number of nitrogens with one attached hydrogen (secondary N) is 1. The minimum Gasteiger partial charge on any atom is -0.478 e. The summed E-state index contributed by atoms with van der Waals surface area (Å²) < 4.78 is 11.4. The molecule has 1 aromatic carbocycles. The summed E-state index contributed by atoms with van der Waals surface area (Å²) in [6, 6.07) is 12.2. The third kappa shape index (κ3) is 4.91. The van der Waals surface area contributed by atoms with E-state index < -0.39 is 11.7 Å². The van der Waals surface area contributed by atoms with Gasteiger partial charge in [0.1, 0.15) is 23.4 Å². The summed E-state index contributed by atoms with van der Waals surface area (Å²) in [4.78, 5) is 12.5. The number of hydrogen-bond acceptors (Lipinski definition) is 5. The van der Waals surface area contributed by atoms with Gasteiger partial charge < -0.3 is 19.6 Å². The Morgan fingerprint density at radius 2 is 2.00 bits per heavy atom. The van der Waals surface area contributed by atoms with Crippen LogP contribution in [-0.4, -0.2) is 23.2 Å². The first-order valence-corrected chi connectivity index (χ1v) is 9.70. The fourth-order valence-electron chi connectivity index (χ4n) is 2.44. The third-order valence-corrected chi connectivity index (χ3v) is 4.89. The first-order chi connectivity index (χ1) is 12.8. The number of aliphatic hydroxyl groups excluding tert-OH is 1. The smallest absolute Gasteiger partial charge is 0.263 e. The number of ether oxygens (including phenoxy) is 1. The second kappa shape index (κ2) is 8.17. The minimum atomic E-state index is -1.11. The Labute approximate surface area is 166 Å². The molecule has 5 nitrogen and oxygen atoms in total. The van der Waals surface area contributed by atoms with Crippen LogP contribution in [0, 0.1) is 0 Å². The third-order valence-electron chi connectivity index (χ3n) is 3.95. The number of hydrogen-bond donors (Lipinski definition) is 2. The van der Waals surface area contributed by atoms with Crippen LogP contribution >= 0.6 is 22.9 Å². The van der Waals surface area contributed by atoms with Crippen molar-refractivity contribution in [2.75, 3.05) is 6.54 Å². The minimum absolute atomic E-state index is 0.0167. The number of amides is 1. The highest BCUT2D eigenvalue weighted by atomic mass is 35.5. The molecule has 7 heteroatoms. The molecule has 1 amide bonds. The van der Waals surface area contributed by atoms with Gasteiger partial charge in [-0.3, -0.25) is 4.79 Å². The molecule has 0 saturated heterocycles. The summed E-state index contributed by atoms with van der Waals surface area (Å²) in [6.07, 6.45) is -0.951. The van der Waals surface area contributed by atoms with E-state index in [1.165, 1.54) is 0 Å².